The molecule has 0 fully saturated rings. The Kier molecular flexibility index (Phi) is 3.11. The van der Waals surface area contributed by atoms with Gasteiger partial charge in [0.05, 0.1) is 21.6 Å². The predicted octanol–water partition coefficient (Wildman–Crippen LogP) is 0.792. The van der Waals surface area contributed by atoms with Crippen molar-refractivity contribution in [1.82, 2.24) is 20.2 Å². The molecule has 88 valence electrons. The van der Waals surface area contributed by atoms with Crippen molar-refractivity contribution in [2.24, 2.45) is 5.73 Å². The minimum atomic E-state index is -0.486. The van der Waals surface area contributed by atoms with Crippen LogP contribution in [0.3, 0.4) is 0 Å². The number of nitro benzene ring substituents is 1. The van der Waals surface area contributed by atoms with Crippen LogP contribution in [0.4, 0.5) is 5.69 Å². The van der Waals surface area contributed by atoms with Crippen LogP contribution in [0, 0.1) is 10.1 Å². The number of hydrogen-bond acceptors (Lipinski definition) is 6. The third kappa shape index (κ3) is 2.15. The van der Waals surface area contributed by atoms with Crippen molar-refractivity contribution in [2.75, 3.05) is 0 Å². The topological polar surface area (TPSA) is 113 Å². The molecule has 2 N–H and O–H groups in total. The van der Waals surface area contributed by atoms with Gasteiger partial charge in [0.2, 0.25) is 0 Å². The summed E-state index contributed by atoms with van der Waals surface area (Å²) in [6.45, 7) is 0.150. The van der Waals surface area contributed by atoms with Crippen molar-refractivity contribution in [3.63, 3.8) is 0 Å². The average Bonchev–Trinajstić information content (AvgIpc) is 2.77. The van der Waals surface area contributed by atoms with E-state index in [1.54, 1.807) is 12.1 Å². The van der Waals surface area contributed by atoms with Gasteiger partial charge >= 0.3 is 0 Å². The maximum Gasteiger partial charge on any atom is 0.285 e. The number of benzene rings is 1. The molecule has 2 aromatic rings. The average molecular weight is 299 g/mol. The molecule has 0 amide bonds. The summed E-state index contributed by atoms with van der Waals surface area (Å²) in [5.41, 5.74) is 5.89. The first kappa shape index (κ1) is 11.6. The highest BCUT2D eigenvalue weighted by atomic mass is 79.9. The predicted molar refractivity (Wildman–Crippen MR) is 61.4 cm³/mol. The van der Waals surface area contributed by atoms with Gasteiger partial charge in [0.25, 0.3) is 5.69 Å². The summed E-state index contributed by atoms with van der Waals surface area (Å²) in [4.78, 5) is 10.3. The van der Waals surface area contributed by atoms with E-state index in [0.717, 1.165) is 0 Å². The van der Waals surface area contributed by atoms with Crippen LogP contribution < -0.4 is 5.73 Å². The van der Waals surface area contributed by atoms with Crippen molar-refractivity contribution in [3.8, 4) is 5.69 Å². The third-order valence-corrected chi connectivity index (χ3v) is 2.76. The lowest BCUT2D eigenvalue weighted by Gasteiger charge is -2.03. The molecule has 1 aromatic carbocycles. The third-order valence-electron chi connectivity index (χ3n) is 2.09. The normalized spacial score (nSPS) is 10.5. The summed E-state index contributed by atoms with van der Waals surface area (Å²) in [5, 5.41) is 21.7. The largest absolute Gasteiger partial charge is 0.324 e. The Morgan fingerprint density at radius 2 is 2.29 bits per heavy atom. The van der Waals surface area contributed by atoms with Gasteiger partial charge in [0, 0.05) is 6.07 Å². The molecule has 8 nitrogen and oxygen atoms in total. The molecule has 0 bridgehead atoms. The monoisotopic (exact) mass is 298 g/mol. The minimum absolute atomic E-state index is 0.0547. The molecule has 2 rings (SSSR count). The van der Waals surface area contributed by atoms with E-state index >= 15 is 0 Å². The summed E-state index contributed by atoms with van der Waals surface area (Å²) < 4.78 is 1.76. The first-order valence-corrected chi connectivity index (χ1v) is 5.34. The van der Waals surface area contributed by atoms with Crippen LogP contribution in [0.5, 0.6) is 0 Å². The summed E-state index contributed by atoms with van der Waals surface area (Å²) >= 11 is 3.10. The van der Waals surface area contributed by atoms with Crippen LogP contribution in [0.1, 0.15) is 5.82 Å². The van der Waals surface area contributed by atoms with Crippen molar-refractivity contribution in [1.29, 1.82) is 0 Å². The summed E-state index contributed by atoms with van der Waals surface area (Å²) in [5.74, 6) is 0.432. The van der Waals surface area contributed by atoms with Gasteiger partial charge in [0.15, 0.2) is 5.82 Å². The Morgan fingerprint density at radius 3 is 2.94 bits per heavy atom. The minimum Gasteiger partial charge on any atom is -0.324 e. The van der Waals surface area contributed by atoms with E-state index in [0.29, 0.717) is 16.0 Å². The highest BCUT2D eigenvalue weighted by Gasteiger charge is 2.15. The summed E-state index contributed by atoms with van der Waals surface area (Å²) in [6, 6.07) is 4.60. The van der Waals surface area contributed by atoms with Gasteiger partial charge in [0.1, 0.15) is 0 Å². The number of nitrogens with two attached hydrogens (primary N) is 1. The molecule has 0 aliphatic carbocycles. The van der Waals surface area contributed by atoms with Crippen LogP contribution in [-0.2, 0) is 6.54 Å². The van der Waals surface area contributed by atoms with Gasteiger partial charge < -0.3 is 5.73 Å². The SMILES string of the molecule is NCc1nnnn1-c1ccc(Br)c([N+](=O)[O-])c1. The van der Waals surface area contributed by atoms with E-state index in [2.05, 4.69) is 31.5 Å². The maximum atomic E-state index is 10.8. The maximum absolute atomic E-state index is 10.8. The Hall–Kier alpha value is -1.87. The van der Waals surface area contributed by atoms with Crippen molar-refractivity contribution >= 4 is 21.6 Å². The molecule has 0 aliphatic rings. The van der Waals surface area contributed by atoms with Crippen molar-refractivity contribution in [2.45, 2.75) is 6.54 Å². The Bertz CT molecular complexity index is 569. The Labute approximate surface area is 104 Å². The lowest BCUT2D eigenvalue weighted by molar-refractivity contribution is -0.385. The molecular weight excluding hydrogens is 292 g/mol. The molecule has 1 aromatic heterocycles. The second kappa shape index (κ2) is 4.55. The van der Waals surface area contributed by atoms with Crippen LogP contribution in [-0.4, -0.2) is 25.1 Å². The van der Waals surface area contributed by atoms with E-state index in [-0.39, 0.29) is 12.2 Å². The number of aromatic nitrogens is 4. The van der Waals surface area contributed by atoms with E-state index in [4.69, 9.17) is 5.73 Å². The number of tetrazole rings is 1. The molecule has 0 atom stereocenters. The number of hydrogen-bond donors (Lipinski definition) is 1. The zero-order chi connectivity index (χ0) is 12.4. The van der Waals surface area contributed by atoms with Crippen LogP contribution in [0.2, 0.25) is 0 Å². The highest BCUT2D eigenvalue weighted by molar-refractivity contribution is 9.10. The van der Waals surface area contributed by atoms with Gasteiger partial charge in [-0.3, -0.25) is 10.1 Å². The molecule has 0 aliphatic heterocycles. The van der Waals surface area contributed by atoms with Crippen LogP contribution in [0.25, 0.3) is 5.69 Å². The molecule has 0 saturated heterocycles. The Balaban J connectivity index is 2.54. The summed E-state index contributed by atoms with van der Waals surface area (Å²) in [6.07, 6.45) is 0. The number of nitro groups is 1. The molecule has 9 heteroatoms. The smallest absolute Gasteiger partial charge is 0.285 e. The van der Waals surface area contributed by atoms with E-state index in [9.17, 15) is 10.1 Å². The lowest BCUT2D eigenvalue weighted by atomic mass is 10.3. The number of rotatable bonds is 3. The van der Waals surface area contributed by atoms with Gasteiger partial charge in [-0.1, -0.05) is 0 Å². The molecule has 1 heterocycles. The van der Waals surface area contributed by atoms with Gasteiger partial charge in [-0.15, -0.1) is 5.10 Å². The van der Waals surface area contributed by atoms with E-state index in [1.165, 1.54) is 10.7 Å². The van der Waals surface area contributed by atoms with Crippen molar-refractivity contribution < 1.29 is 4.92 Å². The molecule has 17 heavy (non-hydrogen) atoms. The van der Waals surface area contributed by atoms with E-state index in [1.807, 2.05) is 0 Å². The lowest BCUT2D eigenvalue weighted by Crippen LogP contribution is -2.08. The number of halogens is 1. The fourth-order valence-corrected chi connectivity index (χ4v) is 1.70. The fourth-order valence-electron chi connectivity index (χ4n) is 1.31. The molecular formula is C8H7BrN6O2. The van der Waals surface area contributed by atoms with Crippen LogP contribution in [0.15, 0.2) is 22.7 Å². The summed E-state index contributed by atoms with van der Waals surface area (Å²) in [7, 11) is 0. The standard InChI is InChI=1S/C8H7BrN6O2/c9-6-2-1-5(3-7(6)15(16)17)14-8(4-10)11-12-13-14/h1-3H,4,10H2. The number of nitrogens with zero attached hydrogens (tertiary/aromatic N) is 5. The second-order valence-corrected chi connectivity index (χ2v) is 3.96. The first-order chi connectivity index (χ1) is 8.13. The Morgan fingerprint density at radius 1 is 1.53 bits per heavy atom. The molecule has 0 saturated carbocycles. The first-order valence-electron chi connectivity index (χ1n) is 4.55. The quantitative estimate of drug-likeness (QED) is 0.662. The van der Waals surface area contributed by atoms with E-state index < -0.39 is 4.92 Å². The zero-order valence-corrected chi connectivity index (χ0v) is 10.0. The highest BCUT2D eigenvalue weighted by Crippen LogP contribution is 2.27. The van der Waals surface area contributed by atoms with Gasteiger partial charge in [-0.2, -0.15) is 4.68 Å². The van der Waals surface area contributed by atoms with Gasteiger partial charge in [-0.25, -0.2) is 0 Å². The molecule has 0 radical (unpaired) electrons. The van der Waals surface area contributed by atoms with Crippen LogP contribution >= 0.6 is 15.9 Å². The van der Waals surface area contributed by atoms with Crippen molar-refractivity contribution in [3.05, 3.63) is 38.6 Å². The fraction of sp³-hybridized carbons (Fsp3) is 0.125. The zero-order valence-electron chi connectivity index (χ0n) is 8.45. The van der Waals surface area contributed by atoms with Gasteiger partial charge in [-0.05, 0) is 38.5 Å². The molecule has 0 unspecified atom stereocenters. The second-order valence-electron chi connectivity index (χ2n) is 3.10. The molecule has 0 spiro atoms.